The van der Waals surface area contributed by atoms with Crippen molar-refractivity contribution in [2.75, 3.05) is 33.4 Å². The summed E-state index contributed by atoms with van der Waals surface area (Å²) in [5, 5.41) is 21.6. The van der Waals surface area contributed by atoms with Crippen molar-refractivity contribution in [1.29, 1.82) is 0 Å². The molecular formula is C61H118N2O9. The number of carboxylic acids is 1. The van der Waals surface area contributed by atoms with Gasteiger partial charge in [0.25, 0.3) is 0 Å². The molecule has 0 radical (unpaired) electrons. The Morgan fingerprint density at radius 3 is 1.22 bits per heavy atom. The number of aliphatic hydroxyl groups excluding tert-OH is 1. The third-order valence-corrected chi connectivity index (χ3v) is 14.7. The summed E-state index contributed by atoms with van der Waals surface area (Å²) >= 11 is 0. The summed E-state index contributed by atoms with van der Waals surface area (Å²) in [7, 11) is 1.32. The minimum absolute atomic E-state index is 0.0852. The van der Waals surface area contributed by atoms with E-state index in [1.165, 1.54) is 193 Å². The van der Waals surface area contributed by atoms with Crippen molar-refractivity contribution in [3.63, 3.8) is 0 Å². The second kappa shape index (κ2) is 53.6. The molecular weight excluding hydrogens is 905 g/mol. The Morgan fingerprint density at radius 1 is 0.472 bits per heavy atom. The van der Waals surface area contributed by atoms with E-state index in [4.69, 9.17) is 19.9 Å². The number of hydrogen-bond donors (Lipinski definition) is 3. The van der Waals surface area contributed by atoms with E-state index < -0.39 is 36.1 Å². The van der Waals surface area contributed by atoms with Gasteiger partial charge in [-0.05, 0) is 45.1 Å². The van der Waals surface area contributed by atoms with Crippen LogP contribution in [0.2, 0.25) is 0 Å². The van der Waals surface area contributed by atoms with Crippen LogP contribution in [0.4, 0.5) is 0 Å². The highest BCUT2D eigenvalue weighted by Gasteiger charge is 2.26. The monoisotopic (exact) mass is 1020 g/mol. The van der Waals surface area contributed by atoms with Crippen LogP contribution in [-0.4, -0.2) is 90.6 Å². The molecule has 0 aromatic carbocycles. The molecule has 0 aliphatic carbocycles. The summed E-state index contributed by atoms with van der Waals surface area (Å²) < 4.78 is 16.7. The van der Waals surface area contributed by atoms with E-state index in [0.29, 0.717) is 38.6 Å². The maximum Gasteiger partial charge on any atom is 0.322 e. The number of aliphatic hydroxyl groups is 1. The number of esters is 3. The Kier molecular flexibility index (Phi) is 51.9. The first-order valence-corrected chi connectivity index (χ1v) is 30.9. The fraction of sp³-hybridized carbons (Fsp3) is 0.934. The maximum absolute atomic E-state index is 13.4. The number of carbonyl (C=O) groups is 4. The molecule has 0 spiro atoms. The van der Waals surface area contributed by atoms with E-state index in [-0.39, 0.29) is 44.5 Å². The normalized spacial score (nSPS) is 13.3. The number of carbonyl (C=O) groups excluding carboxylic acids is 3. The maximum atomic E-state index is 13.4. The largest absolute Gasteiger partial charge is 0.481 e. The predicted molar refractivity (Wildman–Crippen MR) is 299 cm³/mol. The van der Waals surface area contributed by atoms with Crippen LogP contribution < -0.4 is 5.73 Å². The molecule has 72 heavy (non-hydrogen) atoms. The molecule has 0 bridgehead atoms. The lowest BCUT2D eigenvalue weighted by atomic mass is 9.94. The van der Waals surface area contributed by atoms with Gasteiger partial charge in [-0.1, -0.05) is 258 Å². The number of aliphatic carboxylic acids is 1. The van der Waals surface area contributed by atoms with Gasteiger partial charge in [-0.2, -0.15) is 0 Å². The van der Waals surface area contributed by atoms with Crippen molar-refractivity contribution < 1.29 is 43.6 Å². The van der Waals surface area contributed by atoms with Gasteiger partial charge in [0.15, 0.2) is 0 Å². The first-order chi connectivity index (χ1) is 35.1. The number of carboxylic acid groups (broad SMARTS) is 1. The van der Waals surface area contributed by atoms with Gasteiger partial charge in [-0.15, -0.1) is 0 Å². The van der Waals surface area contributed by atoms with Crippen LogP contribution in [0.1, 0.15) is 310 Å². The predicted octanol–water partition coefficient (Wildman–Crippen LogP) is 15.9. The fourth-order valence-corrected chi connectivity index (χ4v) is 9.99. The van der Waals surface area contributed by atoms with Gasteiger partial charge in [-0.3, -0.25) is 24.1 Å². The lowest BCUT2D eigenvalue weighted by Crippen LogP contribution is -2.43. The van der Waals surface area contributed by atoms with Crippen LogP contribution in [0.3, 0.4) is 0 Å². The number of nitrogens with zero attached hydrogens (tertiary/aromatic N) is 1. The van der Waals surface area contributed by atoms with Crippen molar-refractivity contribution >= 4 is 23.9 Å². The van der Waals surface area contributed by atoms with Gasteiger partial charge in [0.2, 0.25) is 0 Å². The standard InChI is InChI=1S/C61H118N2O9/c1-5-8-11-14-17-20-23-26-29-32-35-38-41-47-58(65)71-53-56(72-59(66)48-42-39-36-33-30-27-24-21-18-15-12-9-6-2)52-63(49-44-43-46-57(62)61(69)70-4)51-55(64)50-54(60(67)68)45-40-37-34-31-28-25-22-19-16-13-10-7-3/h54-57,64H,5-53,62H2,1-4H3,(H,67,68). The highest BCUT2D eigenvalue weighted by atomic mass is 16.6. The van der Waals surface area contributed by atoms with E-state index in [9.17, 15) is 29.4 Å². The molecule has 0 aliphatic heterocycles. The summed E-state index contributed by atoms with van der Waals surface area (Å²) in [6, 6.07) is -0.737. The van der Waals surface area contributed by atoms with Crippen molar-refractivity contribution in [3.8, 4) is 0 Å². The van der Waals surface area contributed by atoms with Gasteiger partial charge in [0.05, 0.1) is 19.1 Å². The lowest BCUT2D eigenvalue weighted by molar-refractivity contribution is -0.160. The quantitative estimate of drug-likeness (QED) is 0.0302. The van der Waals surface area contributed by atoms with Crippen LogP contribution in [0.15, 0.2) is 0 Å². The zero-order valence-electron chi connectivity index (χ0n) is 47.7. The number of ether oxygens (including phenoxy) is 3. The third kappa shape index (κ3) is 47.5. The molecule has 0 saturated carbocycles. The first-order valence-electron chi connectivity index (χ1n) is 30.9. The average Bonchev–Trinajstić information content (AvgIpc) is 3.36. The van der Waals surface area contributed by atoms with Crippen molar-refractivity contribution in [1.82, 2.24) is 4.90 Å². The Labute approximate surface area is 443 Å². The topological polar surface area (TPSA) is 166 Å². The average molecular weight is 1020 g/mol. The van der Waals surface area contributed by atoms with Crippen LogP contribution in [-0.2, 0) is 33.4 Å². The van der Waals surface area contributed by atoms with E-state index >= 15 is 0 Å². The second-order valence-corrected chi connectivity index (χ2v) is 21.8. The molecule has 0 aliphatic rings. The highest BCUT2D eigenvalue weighted by molar-refractivity contribution is 5.75. The van der Waals surface area contributed by atoms with Gasteiger partial charge in [0.1, 0.15) is 18.8 Å². The molecule has 11 heteroatoms. The van der Waals surface area contributed by atoms with Crippen LogP contribution >= 0.6 is 0 Å². The van der Waals surface area contributed by atoms with Gasteiger partial charge in [-0.25, -0.2) is 0 Å². The Hall–Kier alpha value is -2.24. The molecule has 0 aromatic rings. The molecule has 0 rings (SSSR count). The molecule has 426 valence electrons. The van der Waals surface area contributed by atoms with Crippen molar-refractivity contribution in [2.45, 2.75) is 328 Å². The second-order valence-electron chi connectivity index (χ2n) is 21.8. The molecule has 0 aromatic heterocycles. The van der Waals surface area contributed by atoms with E-state index in [0.717, 1.165) is 57.8 Å². The lowest BCUT2D eigenvalue weighted by Gasteiger charge is -2.30. The minimum atomic E-state index is -0.930. The first kappa shape index (κ1) is 69.8. The summed E-state index contributed by atoms with van der Waals surface area (Å²) in [6.07, 6.45) is 47.4. The SMILES string of the molecule is CCCCCCCCCCCCCCCC(=O)OCC(CN(CCCCC(N)C(=O)OC)CC(O)CC(CCCCCCCCCCCCCC)C(=O)O)OC(=O)CCCCCCCCCCCCCCC. The Bertz CT molecular complexity index is 1220. The molecule has 11 nitrogen and oxygen atoms in total. The molecule has 0 saturated heterocycles. The van der Waals surface area contributed by atoms with Crippen LogP contribution in [0.25, 0.3) is 0 Å². The molecule has 4 atom stereocenters. The highest BCUT2D eigenvalue weighted by Crippen LogP contribution is 2.21. The number of nitrogens with two attached hydrogens (primary N) is 1. The molecule has 4 N–H and O–H groups in total. The molecule has 0 fully saturated rings. The van der Waals surface area contributed by atoms with Crippen molar-refractivity contribution in [3.05, 3.63) is 0 Å². The summed E-state index contributed by atoms with van der Waals surface area (Å²) in [6.45, 7) is 7.55. The fourth-order valence-electron chi connectivity index (χ4n) is 9.99. The minimum Gasteiger partial charge on any atom is -0.481 e. The van der Waals surface area contributed by atoms with Crippen molar-refractivity contribution in [2.24, 2.45) is 11.7 Å². The van der Waals surface area contributed by atoms with E-state index in [1.54, 1.807) is 0 Å². The summed E-state index contributed by atoms with van der Waals surface area (Å²) in [5.74, 6) is -2.65. The summed E-state index contributed by atoms with van der Waals surface area (Å²) in [4.78, 5) is 52.8. The van der Waals surface area contributed by atoms with E-state index in [2.05, 4.69) is 20.8 Å². The third-order valence-electron chi connectivity index (χ3n) is 14.7. The number of rotatable bonds is 57. The number of methoxy groups -OCH3 is 1. The van der Waals surface area contributed by atoms with Gasteiger partial charge in [0, 0.05) is 25.9 Å². The molecule has 4 unspecified atom stereocenters. The summed E-state index contributed by atoms with van der Waals surface area (Å²) in [5.41, 5.74) is 6.03. The van der Waals surface area contributed by atoms with Crippen LogP contribution in [0, 0.1) is 5.92 Å². The van der Waals surface area contributed by atoms with E-state index in [1.807, 2.05) is 4.90 Å². The Balaban J connectivity index is 5.42. The zero-order valence-corrected chi connectivity index (χ0v) is 47.7. The molecule has 0 amide bonds. The smallest absolute Gasteiger partial charge is 0.322 e. The van der Waals surface area contributed by atoms with Gasteiger partial charge >= 0.3 is 23.9 Å². The molecule has 0 heterocycles. The zero-order chi connectivity index (χ0) is 53.0. The van der Waals surface area contributed by atoms with Gasteiger partial charge < -0.3 is 30.2 Å². The van der Waals surface area contributed by atoms with Crippen LogP contribution in [0.5, 0.6) is 0 Å². The Morgan fingerprint density at radius 2 is 0.833 bits per heavy atom. The number of unbranched alkanes of at least 4 members (excludes halogenated alkanes) is 36. The number of hydrogen-bond acceptors (Lipinski definition) is 10.